The lowest BCUT2D eigenvalue weighted by molar-refractivity contribution is 0.0950. The van der Waals surface area contributed by atoms with Gasteiger partial charge in [0.25, 0.3) is 0 Å². The molecule has 1 fully saturated rings. The van der Waals surface area contributed by atoms with Gasteiger partial charge in [0.05, 0.1) is 7.11 Å². The topological polar surface area (TPSA) is 59.1 Å². The van der Waals surface area contributed by atoms with Crippen LogP contribution in [0, 0.1) is 0 Å². The van der Waals surface area contributed by atoms with E-state index in [1.54, 1.807) is 13.2 Å². The molecular formula is C20H14O4. The zero-order chi connectivity index (χ0) is 16.5. The summed E-state index contributed by atoms with van der Waals surface area (Å²) < 4.78 is 11.3. The Morgan fingerprint density at radius 3 is 2.54 bits per heavy atom. The Balaban J connectivity index is 1.83. The Labute approximate surface area is 138 Å². The minimum atomic E-state index is -0.894. The highest BCUT2D eigenvalue weighted by molar-refractivity contribution is 6.09. The monoisotopic (exact) mass is 318 g/mol. The Morgan fingerprint density at radius 2 is 1.75 bits per heavy atom. The maximum absolute atomic E-state index is 12.5. The van der Waals surface area contributed by atoms with Crippen LogP contribution in [0.2, 0.25) is 0 Å². The van der Waals surface area contributed by atoms with Gasteiger partial charge in [0.2, 0.25) is 0 Å². The van der Waals surface area contributed by atoms with Crippen molar-refractivity contribution in [2.45, 2.75) is 11.7 Å². The highest BCUT2D eigenvalue weighted by atomic mass is 16.6. The zero-order valence-electron chi connectivity index (χ0n) is 12.9. The SMILES string of the molecule is COc1cc(C23OC2C(=O)c2ccccc23)c(O)c2ccccc12. The third kappa shape index (κ3) is 1.44. The van der Waals surface area contributed by atoms with Crippen molar-refractivity contribution < 1.29 is 19.4 Å². The molecule has 0 aromatic heterocycles. The molecule has 0 bridgehead atoms. The molecule has 2 aliphatic rings. The average molecular weight is 318 g/mol. The first kappa shape index (κ1) is 13.6. The number of ketones is 1. The van der Waals surface area contributed by atoms with Gasteiger partial charge in [-0.15, -0.1) is 0 Å². The largest absolute Gasteiger partial charge is 0.507 e. The van der Waals surface area contributed by atoms with Crippen LogP contribution in [0.25, 0.3) is 10.8 Å². The van der Waals surface area contributed by atoms with Crippen molar-refractivity contribution in [1.82, 2.24) is 0 Å². The maximum Gasteiger partial charge on any atom is 0.195 e. The minimum Gasteiger partial charge on any atom is -0.507 e. The highest BCUT2D eigenvalue weighted by Crippen LogP contribution is 2.61. The number of epoxide rings is 1. The first-order valence-electron chi connectivity index (χ1n) is 7.79. The van der Waals surface area contributed by atoms with Crippen LogP contribution in [-0.4, -0.2) is 24.1 Å². The molecule has 2 unspecified atom stereocenters. The molecule has 3 aromatic carbocycles. The number of Topliss-reactive ketones (excluding diaryl/α,β-unsaturated/α-hetero) is 1. The van der Waals surface area contributed by atoms with Crippen LogP contribution in [0.15, 0.2) is 54.6 Å². The quantitative estimate of drug-likeness (QED) is 0.736. The number of ether oxygens (including phenoxy) is 2. The lowest BCUT2D eigenvalue weighted by Gasteiger charge is -2.17. The zero-order valence-corrected chi connectivity index (χ0v) is 12.9. The number of benzene rings is 3. The van der Waals surface area contributed by atoms with Gasteiger partial charge in [0, 0.05) is 27.5 Å². The van der Waals surface area contributed by atoms with E-state index in [1.807, 2.05) is 48.5 Å². The van der Waals surface area contributed by atoms with Crippen LogP contribution in [0.5, 0.6) is 11.5 Å². The highest BCUT2D eigenvalue weighted by Gasteiger charge is 2.69. The number of rotatable bonds is 2. The normalized spacial score (nSPS) is 23.9. The van der Waals surface area contributed by atoms with Crippen LogP contribution < -0.4 is 4.74 Å². The standard InChI is InChI=1S/C20H14O4/c1-23-16-10-15(17(21)12-7-3-2-6-11(12)16)20-14-9-5-4-8-13(14)18(22)19(20)24-20/h2-10,19,21H,1H3. The lowest BCUT2D eigenvalue weighted by atomic mass is 9.89. The molecule has 4 heteroatoms. The van der Waals surface area contributed by atoms with Crippen LogP contribution in [0.4, 0.5) is 0 Å². The van der Waals surface area contributed by atoms with E-state index in [0.717, 1.165) is 10.9 Å². The molecule has 4 nitrogen and oxygen atoms in total. The molecule has 0 radical (unpaired) electrons. The number of methoxy groups -OCH3 is 1. The number of aromatic hydroxyl groups is 1. The van der Waals surface area contributed by atoms with E-state index in [9.17, 15) is 9.90 Å². The van der Waals surface area contributed by atoms with Gasteiger partial charge >= 0.3 is 0 Å². The van der Waals surface area contributed by atoms with Crippen LogP contribution >= 0.6 is 0 Å². The summed E-state index contributed by atoms with van der Waals surface area (Å²) in [6, 6.07) is 16.7. The van der Waals surface area contributed by atoms with Gasteiger partial charge in [-0.25, -0.2) is 0 Å². The molecule has 3 aromatic rings. The second-order valence-electron chi connectivity index (χ2n) is 6.16. The predicted molar refractivity (Wildman–Crippen MR) is 88.6 cm³/mol. The number of phenols is 1. The first-order valence-corrected chi connectivity index (χ1v) is 7.79. The number of phenolic OH excluding ortho intramolecular Hbond substituents is 1. The van der Waals surface area contributed by atoms with Gasteiger partial charge < -0.3 is 14.6 Å². The number of carbonyl (C=O) groups excluding carboxylic acids is 1. The minimum absolute atomic E-state index is 0.0304. The third-order valence-electron chi connectivity index (χ3n) is 5.04. The summed E-state index contributed by atoms with van der Waals surface area (Å²) in [5, 5.41) is 12.4. The van der Waals surface area contributed by atoms with E-state index in [2.05, 4.69) is 0 Å². The summed E-state index contributed by atoms with van der Waals surface area (Å²) in [6.45, 7) is 0. The van der Waals surface area contributed by atoms with Crippen molar-refractivity contribution in [3.8, 4) is 11.5 Å². The molecule has 1 aliphatic heterocycles. The van der Waals surface area contributed by atoms with Crippen molar-refractivity contribution in [2.75, 3.05) is 7.11 Å². The molecule has 0 spiro atoms. The predicted octanol–water partition coefficient (Wildman–Crippen LogP) is 3.39. The van der Waals surface area contributed by atoms with Crippen molar-refractivity contribution in [3.05, 3.63) is 71.3 Å². The number of carbonyl (C=O) groups is 1. The van der Waals surface area contributed by atoms with Gasteiger partial charge in [-0.05, 0) is 6.07 Å². The molecule has 118 valence electrons. The molecule has 0 saturated carbocycles. The summed E-state index contributed by atoms with van der Waals surface area (Å²) in [5.41, 5.74) is 1.17. The van der Waals surface area contributed by atoms with Gasteiger partial charge in [0.1, 0.15) is 11.5 Å². The Hall–Kier alpha value is -2.85. The fraction of sp³-hybridized carbons (Fsp3) is 0.150. The summed E-state index contributed by atoms with van der Waals surface area (Å²) >= 11 is 0. The first-order chi connectivity index (χ1) is 11.7. The van der Waals surface area contributed by atoms with Crippen molar-refractivity contribution >= 4 is 16.6 Å². The Kier molecular flexibility index (Phi) is 2.47. The van der Waals surface area contributed by atoms with E-state index in [1.165, 1.54) is 0 Å². The van der Waals surface area contributed by atoms with Gasteiger partial charge in [-0.3, -0.25) is 4.79 Å². The molecule has 24 heavy (non-hydrogen) atoms. The smallest absolute Gasteiger partial charge is 0.195 e. The van der Waals surface area contributed by atoms with E-state index in [-0.39, 0.29) is 11.5 Å². The van der Waals surface area contributed by atoms with Crippen LogP contribution in [-0.2, 0) is 10.3 Å². The van der Waals surface area contributed by atoms with E-state index in [0.29, 0.717) is 22.3 Å². The number of fused-ring (bicyclic) bond motifs is 4. The second kappa shape index (κ2) is 4.36. The summed E-state index contributed by atoms with van der Waals surface area (Å²) in [4.78, 5) is 12.5. The van der Waals surface area contributed by atoms with Crippen LogP contribution in [0.1, 0.15) is 21.5 Å². The molecule has 1 saturated heterocycles. The lowest BCUT2D eigenvalue weighted by Crippen LogP contribution is -2.12. The van der Waals surface area contributed by atoms with E-state index < -0.39 is 11.7 Å². The van der Waals surface area contributed by atoms with Gasteiger partial charge in [-0.2, -0.15) is 0 Å². The van der Waals surface area contributed by atoms with E-state index in [4.69, 9.17) is 9.47 Å². The fourth-order valence-electron chi connectivity index (χ4n) is 3.89. The molecule has 1 heterocycles. The van der Waals surface area contributed by atoms with Gasteiger partial charge in [0.15, 0.2) is 17.5 Å². The van der Waals surface area contributed by atoms with Crippen LogP contribution in [0.3, 0.4) is 0 Å². The Morgan fingerprint density at radius 1 is 1.04 bits per heavy atom. The molecule has 5 rings (SSSR count). The van der Waals surface area contributed by atoms with Crippen molar-refractivity contribution in [2.24, 2.45) is 0 Å². The summed E-state index contributed by atoms with van der Waals surface area (Å²) in [5.74, 6) is 0.759. The fourth-order valence-corrected chi connectivity index (χ4v) is 3.89. The van der Waals surface area contributed by atoms with E-state index >= 15 is 0 Å². The average Bonchev–Trinajstić information content (AvgIpc) is 3.33. The second-order valence-corrected chi connectivity index (χ2v) is 6.16. The number of hydrogen-bond donors (Lipinski definition) is 1. The maximum atomic E-state index is 12.5. The summed E-state index contributed by atoms with van der Waals surface area (Å²) in [6.07, 6.45) is -0.563. The Bertz CT molecular complexity index is 1020. The molecule has 1 N–H and O–H groups in total. The molecule has 2 atom stereocenters. The van der Waals surface area contributed by atoms with Crippen molar-refractivity contribution in [3.63, 3.8) is 0 Å². The van der Waals surface area contributed by atoms with Crippen molar-refractivity contribution in [1.29, 1.82) is 0 Å². The number of hydrogen-bond acceptors (Lipinski definition) is 4. The molecule has 1 aliphatic carbocycles. The molecular weight excluding hydrogens is 304 g/mol. The molecule has 0 amide bonds. The summed E-state index contributed by atoms with van der Waals surface area (Å²) in [7, 11) is 1.60. The third-order valence-corrected chi connectivity index (χ3v) is 5.04. The van der Waals surface area contributed by atoms with Gasteiger partial charge in [-0.1, -0.05) is 48.5 Å².